The Kier molecular flexibility index (Phi) is 12.5. The van der Waals surface area contributed by atoms with Crippen molar-refractivity contribution in [2.45, 2.75) is 94.2 Å². The van der Waals surface area contributed by atoms with Crippen LogP contribution in [0, 0.1) is 25.7 Å². The Morgan fingerprint density at radius 3 is 1.41 bits per heavy atom. The van der Waals surface area contributed by atoms with Crippen LogP contribution in [0.5, 0.6) is 0 Å². The molecule has 0 radical (unpaired) electrons. The van der Waals surface area contributed by atoms with E-state index >= 15 is 0 Å². The first-order chi connectivity index (χ1) is 15.0. The number of hydrogen-bond acceptors (Lipinski definition) is 2. The second kappa shape index (κ2) is 14.2. The van der Waals surface area contributed by atoms with Gasteiger partial charge in [0.25, 0.3) is 0 Å². The molecule has 32 heavy (non-hydrogen) atoms. The van der Waals surface area contributed by atoms with Crippen LogP contribution in [-0.2, 0) is 0 Å². The Hall–Kier alpha value is -1.96. The largest absolute Gasteiger partial charge is 0.369 e. The standard InChI is InChI=1S/C16H27N.C14H23N/c1-12(2)10-11-17(13(3)4)16-14(5)8-7-9-15(16)6;1-12(2)10-11-15(13(3)4)14-8-6-5-7-9-14/h7-9,12-13H,10-11H2,1-6H3;5-9,12-13H,10-11H2,1-4H3. The molecular weight excluding hydrogens is 388 g/mol. The minimum Gasteiger partial charge on any atom is -0.369 e. The normalized spacial score (nSPS) is 11.2. The van der Waals surface area contributed by atoms with Gasteiger partial charge in [-0.2, -0.15) is 0 Å². The molecule has 0 aliphatic rings. The van der Waals surface area contributed by atoms with Gasteiger partial charge in [0, 0.05) is 36.5 Å². The maximum atomic E-state index is 2.55. The van der Waals surface area contributed by atoms with Crippen LogP contribution in [-0.4, -0.2) is 25.2 Å². The number of anilines is 2. The van der Waals surface area contributed by atoms with Gasteiger partial charge in [0.1, 0.15) is 0 Å². The highest BCUT2D eigenvalue weighted by molar-refractivity contribution is 5.59. The first-order valence-electron chi connectivity index (χ1n) is 12.7. The maximum Gasteiger partial charge on any atom is 0.0427 e. The number of hydrogen-bond donors (Lipinski definition) is 0. The molecule has 0 saturated carbocycles. The molecule has 180 valence electrons. The van der Waals surface area contributed by atoms with E-state index in [-0.39, 0.29) is 0 Å². The molecule has 0 heterocycles. The topological polar surface area (TPSA) is 6.48 Å². The lowest BCUT2D eigenvalue weighted by molar-refractivity contribution is 0.550. The van der Waals surface area contributed by atoms with Gasteiger partial charge in [-0.25, -0.2) is 0 Å². The molecular formula is C30H50N2. The van der Waals surface area contributed by atoms with Gasteiger partial charge < -0.3 is 9.80 Å². The van der Waals surface area contributed by atoms with Crippen LogP contribution in [0.4, 0.5) is 11.4 Å². The highest BCUT2D eigenvalue weighted by Gasteiger charge is 2.15. The Morgan fingerprint density at radius 1 is 0.562 bits per heavy atom. The van der Waals surface area contributed by atoms with Gasteiger partial charge in [0.15, 0.2) is 0 Å². The summed E-state index contributed by atoms with van der Waals surface area (Å²) < 4.78 is 0. The molecule has 0 saturated heterocycles. The monoisotopic (exact) mass is 438 g/mol. The first kappa shape index (κ1) is 28.1. The summed E-state index contributed by atoms with van der Waals surface area (Å²) in [6.07, 6.45) is 2.51. The molecule has 2 aromatic carbocycles. The molecule has 2 heteroatoms. The van der Waals surface area contributed by atoms with E-state index in [1.165, 1.54) is 35.3 Å². The first-order valence-corrected chi connectivity index (χ1v) is 12.7. The summed E-state index contributed by atoms with van der Waals surface area (Å²) in [5, 5.41) is 0. The Labute approximate surface area is 200 Å². The molecule has 0 unspecified atom stereocenters. The van der Waals surface area contributed by atoms with Crippen molar-refractivity contribution in [2.75, 3.05) is 22.9 Å². The van der Waals surface area contributed by atoms with Crippen LogP contribution in [0.25, 0.3) is 0 Å². The summed E-state index contributed by atoms with van der Waals surface area (Å²) in [5.41, 5.74) is 5.56. The molecule has 0 amide bonds. The number of benzene rings is 2. The summed E-state index contributed by atoms with van der Waals surface area (Å²) in [5.74, 6) is 1.54. The molecule has 2 rings (SSSR count). The SMILES string of the molecule is CC(C)CCN(c1ccccc1)C(C)C.Cc1cccc(C)c1N(CCC(C)C)C(C)C. The van der Waals surface area contributed by atoms with Crippen LogP contribution >= 0.6 is 0 Å². The molecule has 0 aliphatic heterocycles. The third kappa shape index (κ3) is 9.67. The van der Waals surface area contributed by atoms with Crippen molar-refractivity contribution in [3.63, 3.8) is 0 Å². The van der Waals surface area contributed by atoms with Crippen molar-refractivity contribution in [1.29, 1.82) is 0 Å². The van der Waals surface area contributed by atoms with Crippen LogP contribution in [0.15, 0.2) is 48.5 Å². The Bertz CT molecular complexity index is 726. The summed E-state index contributed by atoms with van der Waals surface area (Å²) in [6.45, 7) is 25.0. The van der Waals surface area contributed by atoms with E-state index in [0.717, 1.165) is 24.9 Å². The molecule has 0 bridgehead atoms. The van der Waals surface area contributed by atoms with E-state index in [1.807, 2.05) is 0 Å². The van der Waals surface area contributed by atoms with Crippen molar-refractivity contribution in [2.24, 2.45) is 11.8 Å². The highest BCUT2D eigenvalue weighted by atomic mass is 15.2. The zero-order chi connectivity index (χ0) is 24.3. The van der Waals surface area contributed by atoms with E-state index in [0.29, 0.717) is 12.1 Å². The van der Waals surface area contributed by atoms with Crippen LogP contribution < -0.4 is 9.80 Å². The second-order valence-corrected chi connectivity index (χ2v) is 10.5. The number of rotatable bonds is 10. The molecule has 0 spiro atoms. The minimum atomic E-state index is 0.563. The van der Waals surface area contributed by atoms with E-state index in [2.05, 4.69) is 128 Å². The van der Waals surface area contributed by atoms with E-state index in [1.54, 1.807) is 0 Å². The van der Waals surface area contributed by atoms with Gasteiger partial charge in [-0.05, 0) is 89.5 Å². The third-order valence-electron chi connectivity index (χ3n) is 5.96. The molecule has 0 aliphatic carbocycles. The van der Waals surface area contributed by atoms with Gasteiger partial charge in [0.05, 0.1) is 0 Å². The average molecular weight is 439 g/mol. The number of para-hydroxylation sites is 2. The molecule has 2 nitrogen and oxygen atoms in total. The Morgan fingerprint density at radius 2 is 1.00 bits per heavy atom. The number of nitrogens with zero attached hydrogens (tertiary/aromatic N) is 2. The lowest BCUT2D eigenvalue weighted by atomic mass is 10.0. The molecule has 0 atom stereocenters. The van der Waals surface area contributed by atoms with Crippen molar-refractivity contribution < 1.29 is 0 Å². The summed E-state index contributed by atoms with van der Waals surface area (Å²) in [6, 6.07) is 18.4. The predicted octanol–water partition coefficient (Wildman–Crippen LogP) is 8.51. The molecule has 0 fully saturated rings. The van der Waals surface area contributed by atoms with Gasteiger partial charge in [-0.3, -0.25) is 0 Å². The fraction of sp³-hybridized carbons (Fsp3) is 0.600. The Balaban J connectivity index is 0.000000323. The lowest BCUT2D eigenvalue weighted by Gasteiger charge is -2.32. The predicted molar refractivity (Wildman–Crippen MR) is 146 cm³/mol. The van der Waals surface area contributed by atoms with Crippen molar-refractivity contribution in [3.8, 4) is 0 Å². The fourth-order valence-corrected chi connectivity index (χ4v) is 3.99. The molecule has 0 N–H and O–H groups in total. The zero-order valence-electron chi connectivity index (χ0n) is 22.7. The highest BCUT2D eigenvalue weighted by Crippen LogP contribution is 2.27. The smallest absolute Gasteiger partial charge is 0.0427 e. The third-order valence-corrected chi connectivity index (χ3v) is 5.96. The van der Waals surface area contributed by atoms with Crippen LogP contribution in [0.2, 0.25) is 0 Å². The maximum absolute atomic E-state index is 2.55. The van der Waals surface area contributed by atoms with Gasteiger partial charge >= 0.3 is 0 Å². The lowest BCUT2D eigenvalue weighted by Crippen LogP contribution is -2.33. The fourth-order valence-electron chi connectivity index (χ4n) is 3.99. The van der Waals surface area contributed by atoms with E-state index in [4.69, 9.17) is 0 Å². The van der Waals surface area contributed by atoms with Crippen LogP contribution in [0.1, 0.15) is 79.4 Å². The van der Waals surface area contributed by atoms with E-state index < -0.39 is 0 Å². The van der Waals surface area contributed by atoms with Crippen molar-refractivity contribution in [3.05, 3.63) is 59.7 Å². The second-order valence-electron chi connectivity index (χ2n) is 10.5. The van der Waals surface area contributed by atoms with E-state index in [9.17, 15) is 0 Å². The van der Waals surface area contributed by atoms with Gasteiger partial charge in [0.2, 0.25) is 0 Å². The van der Waals surface area contributed by atoms with Crippen molar-refractivity contribution in [1.82, 2.24) is 0 Å². The van der Waals surface area contributed by atoms with Gasteiger partial charge in [-0.1, -0.05) is 64.1 Å². The van der Waals surface area contributed by atoms with Crippen LogP contribution in [0.3, 0.4) is 0 Å². The van der Waals surface area contributed by atoms with Crippen molar-refractivity contribution >= 4 is 11.4 Å². The average Bonchev–Trinajstić information content (AvgIpc) is 2.70. The zero-order valence-corrected chi connectivity index (χ0v) is 22.7. The summed E-state index contributed by atoms with van der Waals surface area (Å²) >= 11 is 0. The molecule has 0 aromatic heterocycles. The summed E-state index contributed by atoms with van der Waals surface area (Å²) in [7, 11) is 0. The quantitative estimate of drug-likeness (QED) is 0.367. The molecule has 2 aromatic rings. The number of aryl methyl sites for hydroxylation is 2. The minimum absolute atomic E-state index is 0.563. The summed E-state index contributed by atoms with van der Waals surface area (Å²) in [4.78, 5) is 5.02. The van der Waals surface area contributed by atoms with Gasteiger partial charge in [-0.15, -0.1) is 0 Å².